The third kappa shape index (κ3) is 3.68. The summed E-state index contributed by atoms with van der Waals surface area (Å²) in [5.74, 6) is -0.456. The summed E-state index contributed by atoms with van der Waals surface area (Å²) in [6, 6.07) is 5.79. The minimum Gasteiger partial charge on any atom is -0.336 e. The van der Waals surface area contributed by atoms with E-state index in [1.165, 1.54) is 23.1 Å². The van der Waals surface area contributed by atoms with Gasteiger partial charge in [-0.25, -0.2) is 4.39 Å². The summed E-state index contributed by atoms with van der Waals surface area (Å²) in [6.07, 6.45) is 3.17. The minimum atomic E-state index is -0.343. The highest BCUT2D eigenvalue weighted by Crippen LogP contribution is 2.19. The van der Waals surface area contributed by atoms with Crippen molar-refractivity contribution in [3.8, 4) is 5.69 Å². The van der Waals surface area contributed by atoms with Crippen LogP contribution in [0.15, 0.2) is 30.5 Å². The largest absolute Gasteiger partial charge is 0.336 e. The zero-order chi connectivity index (χ0) is 18.8. The quantitative estimate of drug-likeness (QED) is 0.846. The Labute approximate surface area is 155 Å². The van der Waals surface area contributed by atoms with Crippen molar-refractivity contribution in [1.29, 1.82) is 0 Å². The number of benzene rings is 1. The maximum absolute atomic E-state index is 13.1. The first-order valence-electron chi connectivity index (χ1n) is 9.09. The lowest BCUT2D eigenvalue weighted by molar-refractivity contribution is -0.135. The average Bonchev–Trinajstić information content (AvgIpc) is 3.18. The predicted molar refractivity (Wildman–Crippen MR) is 94.8 cm³/mol. The molecule has 0 bridgehead atoms. The number of piperazine rings is 1. The van der Waals surface area contributed by atoms with Crippen LogP contribution in [0.3, 0.4) is 0 Å². The van der Waals surface area contributed by atoms with Gasteiger partial charge >= 0.3 is 0 Å². The number of hydrogen-bond acceptors (Lipinski definition) is 5. The van der Waals surface area contributed by atoms with Crippen molar-refractivity contribution in [3.63, 3.8) is 0 Å². The first kappa shape index (κ1) is 17.6. The van der Waals surface area contributed by atoms with Crippen LogP contribution in [0.2, 0.25) is 0 Å². The standard InChI is InChI=1S/C18H21FN6O2/c19-13-3-5-14(6-4-13)25-21-10-16(22-25)18(27)23-8-1-2-15(12-23)24-9-7-20-11-17(24)26/h3-6,10,15,20H,1-2,7-9,11-12H2. The van der Waals surface area contributed by atoms with Crippen LogP contribution in [0, 0.1) is 5.82 Å². The van der Waals surface area contributed by atoms with E-state index >= 15 is 0 Å². The molecule has 0 spiro atoms. The summed E-state index contributed by atoms with van der Waals surface area (Å²) in [4.78, 5) is 29.9. The molecule has 2 aliphatic heterocycles. The number of rotatable bonds is 3. The average molecular weight is 372 g/mol. The molecule has 1 atom stereocenters. The number of halogens is 1. The van der Waals surface area contributed by atoms with Gasteiger partial charge in [-0.2, -0.15) is 9.90 Å². The molecule has 2 amide bonds. The Bertz CT molecular complexity index is 837. The molecule has 0 saturated carbocycles. The summed E-state index contributed by atoms with van der Waals surface area (Å²) in [6.45, 7) is 2.96. The molecule has 2 fully saturated rings. The molecule has 0 radical (unpaired) electrons. The lowest BCUT2D eigenvalue weighted by atomic mass is 10.0. The molecule has 27 heavy (non-hydrogen) atoms. The summed E-state index contributed by atoms with van der Waals surface area (Å²) in [5, 5.41) is 11.4. The maximum atomic E-state index is 13.1. The van der Waals surface area contributed by atoms with Gasteiger partial charge in [0.25, 0.3) is 5.91 Å². The Morgan fingerprint density at radius 2 is 2.04 bits per heavy atom. The van der Waals surface area contributed by atoms with Crippen LogP contribution in [0.25, 0.3) is 5.69 Å². The Balaban J connectivity index is 1.46. The van der Waals surface area contributed by atoms with Crippen molar-refractivity contribution >= 4 is 11.8 Å². The zero-order valence-corrected chi connectivity index (χ0v) is 14.8. The van der Waals surface area contributed by atoms with E-state index in [-0.39, 0.29) is 29.4 Å². The predicted octanol–water partition coefficient (Wildman–Crippen LogP) is 0.443. The number of carbonyl (C=O) groups excluding carboxylic acids is 2. The zero-order valence-electron chi connectivity index (χ0n) is 14.8. The van der Waals surface area contributed by atoms with E-state index in [1.54, 1.807) is 17.0 Å². The maximum Gasteiger partial charge on any atom is 0.276 e. The van der Waals surface area contributed by atoms with Gasteiger partial charge in [0.15, 0.2) is 5.69 Å². The molecule has 9 heteroatoms. The first-order valence-corrected chi connectivity index (χ1v) is 9.09. The molecule has 1 aromatic heterocycles. The highest BCUT2D eigenvalue weighted by molar-refractivity contribution is 5.92. The summed E-state index contributed by atoms with van der Waals surface area (Å²) in [5.41, 5.74) is 0.824. The lowest BCUT2D eigenvalue weighted by Gasteiger charge is -2.40. The van der Waals surface area contributed by atoms with Crippen LogP contribution in [-0.2, 0) is 4.79 Å². The molecule has 2 aromatic rings. The molecular weight excluding hydrogens is 351 g/mol. The second-order valence-corrected chi connectivity index (χ2v) is 6.81. The second-order valence-electron chi connectivity index (χ2n) is 6.81. The smallest absolute Gasteiger partial charge is 0.276 e. The Morgan fingerprint density at radius 1 is 1.22 bits per heavy atom. The Morgan fingerprint density at radius 3 is 2.81 bits per heavy atom. The van der Waals surface area contributed by atoms with E-state index in [0.29, 0.717) is 31.9 Å². The van der Waals surface area contributed by atoms with Crippen LogP contribution in [0.1, 0.15) is 23.3 Å². The highest BCUT2D eigenvalue weighted by atomic mass is 19.1. The van der Waals surface area contributed by atoms with Crippen LogP contribution in [0.4, 0.5) is 4.39 Å². The fourth-order valence-corrected chi connectivity index (χ4v) is 3.62. The molecule has 8 nitrogen and oxygen atoms in total. The number of carbonyl (C=O) groups is 2. The molecule has 1 aromatic carbocycles. The van der Waals surface area contributed by atoms with E-state index in [9.17, 15) is 14.0 Å². The Kier molecular flexibility index (Phi) is 4.85. The number of piperidine rings is 1. The minimum absolute atomic E-state index is 0.0458. The normalized spacial score (nSPS) is 20.8. The van der Waals surface area contributed by atoms with Crippen molar-refractivity contribution in [1.82, 2.24) is 30.1 Å². The van der Waals surface area contributed by atoms with Crippen molar-refractivity contribution in [3.05, 3.63) is 42.0 Å². The van der Waals surface area contributed by atoms with E-state index < -0.39 is 0 Å². The van der Waals surface area contributed by atoms with E-state index in [1.807, 2.05) is 4.90 Å². The van der Waals surface area contributed by atoms with Crippen LogP contribution in [0.5, 0.6) is 0 Å². The SMILES string of the molecule is O=C(c1cnn(-c2ccc(F)cc2)n1)N1CCCC(N2CCNCC2=O)C1. The molecule has 0 aliphatic carbocycles. The van der Waals surface area contributed by atoms with Crippen LogP contribution in [-0.4, -0.2) is 75.4 Å². The molecule has 3 heterocycles. The monoisotopic (exact) mass is 372 g/mol. The first-order chi connectivity index (χ1) is 13.1. The number of nitrogens with zero attached hydrogens (tertiary/aromatic N) is 5. The van der Waals surface area contributed by atoms with Gasteiger partial charge in [-0.3, -0.25) is 9.59 Å². The van der Waals surface area contributed by atoms with Gasteiger partial charge in [0.2, 0.25) is 5.91 Å². The van der Waals surface area contributed by atoms with Gasteiger partial charge in [-0.05, 0) is 37.1 Å². The van der Waals surface area contributed by atoms with Crippen molar-refractivity contribution in [2.24, 2.45) is 0 Å². The molecule has 2 saturated heterocycles. The van der Waals surface area contributed by atoms with E-state index in [2.05, 4.69) is 15.5 Å². The topological polar surface area (TPSA) is 83.4 Å². The van der Waals surface area contributed by atoms with Crippen LogP contribution < -0.4 is 5.32 Å². The number of nitrogens with one attached hydrogen (secondary N) is 1. The van der Waals surface area contributed by atoms with Crippen LogP contribution >= 0.6 is 0 Å². The van der Waals surface area contributed by atoms with Gasteiger partial charge in [0.1, 0.15) is 5.82 Å². The molecular formula is C18H21FN6O2. The summed E-state index contributed by atoms with van der Waals surface area (Å²) in [7, 11) is 0. The summed E-state index contributed by atoms with van der Waals surface area (Å²) < 4.78 is 13.1. The van der Waals surface area contributed by atoms with Gasteiger partial charge < -0.3 is 15.1 Å². The number of likely N-dealkylation sites (tertiary alicyclic amines) is 1. The van der Waals surface area contributed by atoms with Crippen molar-refractivity contribution in [2.45, 2.75) is 18.9 Å². The van der Waals surface area contributed by atoms with E-state index in [4.69, 9.17) is 0 Å². The molecule has 1 N–H and O–H groups in total. The molecule has 1 unspecified atom stereocenters. The van der Waals surface area contributed by atoms with Gasteiger partial charge in [-0.1, -0.05) is 0 Å². The molecule has 2 aliphatic rings. The van der Waals surface area contributed by atoms with Gasteiger partial charge in [0, 0.05) is 32.2 Å². The van der Waals surface area contributed by atoms with Gasteiger partial charge in [-0.15, -0.1) is 5.10 Å². The highest BCUT2D eigenvalue weighted by Gasteiger charge is 2.32. The second kappa shape index (κ2) is 7.43. The molecule has 4 rings (SSSR count). The number of hydrogen-bond donors (Lipinski definition) is 1. The number of aromatic nitrogens is 3. The lowest BCUT2D eigenvalue weighted by Crippen LogP contribution is -2.57. The third-order valence-corrected chi connectivity index (χ3v) is 5.02. The Hall–Kier alpha value is -2.81. The van der Waals surface area contributed by atoms with Crippen molar-refractivity contribution < 1.29 is 14.0 Å². The van der Waals surface area contributed by atoms with E-state index in [0.717, 1.165) is 19.4 Å². The summed E-state index contributed by atoms with van der Waals surface area (Å²) >= 11 is 0. The van der Waals surface area contributed by atoms with Gasteiger partial charge in [0.05, 0.1) is 18.4 Å². The fraction of sp³-hybridized carbons (Fsp3) is 0.444. The fourth-order valence-electron chi connectivity index (χ4n) is 3.62. The van der Waals surface area contributed by atoms with Crippen molar-refractivity contribution in [2.75, 3.05) is 32.7 Å². The third-order valence-electron chi connectivity index (χ3n) is 5.02. The number of amides is 2. The molecule has 142 valence electrons.